The summed E-state index contributed by atoms with van der Waals surface area (Å²) in [4.78, 5) is 2.38. The second kappa shape index (κ2) is 7.58. The van der Waals surface area contributed by atoms with E-state index >= 15 is 0 Å². The van der Waals surface area contributed by atoms with E-state index in [9.17, 15) is 0 Å². The van der Waals surface area contributed by atoms with Gasteiger partial charge in [-0.3, -0.25) is 0 Å². The fraction of sp³-hybridized carbons (Fsp3) is 0.190. The topological polar surface area (TPSA) is 7.12 Å². The number of fused-ring (bicyclic) bond motifs is 2. The second-order valence-electron chi connectivity index (χ2n) is 5.97. The quantitative estimate of drug-likeness (QED) is 0.420. The summed E-state index contributed by atoms with van der Waals surface area (Å²) in [5.41, 5.74) is 2.58. The van der Waals surface area contributed by atoms with Gasteiger partial charge >= 0.3 is 170 Å². The molecular weight excluding hydrogens is 427 g/mol. The number of para-hydroxylation sites is 1. The van der Waals surface area contributed by atoms with Gasteiger partial charge in [-0.25, -0.2) is 0 Å². The van der Waals surface area contributed by atoms with E-state index in [1.165, 1.54) is 30.0 Å². The molecule has 3 aromatic rings. The predicted molar refractivity (Wildman–Crippen MR) is 115 cm³/mol. The Morgan fingerprint density at radius 1 is 1.19 bits per heavy atom. The van der Waals surface area contributed by atoms with Crippen molar-refractivity contribution in [3.05, 3.63) is 69.2 Å². The van der Waals surface area contributed by atoms with Crippen LogP contribution in [0.1, 0.15) is 18.9 Å². The molecule has 0 amide bonds. The maximum atomic E-state index is 6.20. The molecule has 0 unspecified atom stereocenters. The zero-order chi connectivity index (χ0) is 18.1. The van der Waals surface area contributed by atoms with Crippen LogP contribution in [0.25, 0.3) is 16.3 Å². The van der Waals surface area contributed by atoms with Gasteiger partial charge in [0.1, 0.15) is 0 Å². The van der Waals surface area contributed by atoms with Crippen molar-refractivity contribution in [3.63, 3.8) is 0 Å². The Labute approximate surface area is 169 Å². The monoisotopic (exact) mass is 447 g/mol. The summed E-state index contributed by atoms with van der Waals surface area (Å²) in [6, 6.07) is 14.9. The zero-order valence-electron chi connectivity index (χ0n) is 14.8. The molecule has 2 nitrogen and oxygen atoms in total. The Morgan fingerprint density at radius 2 is 2.04 bits per heavy atom. The molecule has 1 aromatic heterocycles. The third-order valence-corrected chi connectivity index (χ3v) is 8.18. The number of hydrogen-bond acceptors (Lipinski definition) is 2. The number of halogens is 1. The van der Waals surface area contributed by atoms with Crippen LogP contribution in [0, 0.1) is 0 Å². The molecule has 5 heteroatoms. The van der Waals surface area contributed by atoms with Crippen LogP contribution in [0.4, 0.5) is 5.69 Å². The molecule has 0 aliphatic carbocycles. The standard InChI is InChI=1S/C21H20ClN2SSe/c1-3-23-16-8-5-6-9-18(16)25-20(23)10-7-11-21-24(4-2)17-14-15(22)12-13-19(17)26-21/h5-14H,3-4H2,1-2H3/q+1. The van der Waals surface area contributed by atoms with Crippen LogP contribution in [0.3, 0.4) is 0 Å². The first-order valence-electron chi connectivity index (χ1n) is 8.76. The van der Waals surface area contributed by atoms with E-state index in [0.29, 0.717) is 15.0 Å². The summed E-state index contributed by atoms with van der Waals surface area (Å²) in [5.74, 6) is 0. The van der Waals surface area contributed by atoms with E-state index in [0.717, 1.165) is 18.1 Å². The van der Waals surface area contributed by atoms with Gasteiger partial charge < -0.3 is 0 Å². The molecule has 1 aliphatic heterocycles. The molecule has 4 rings (SSSR count). The van der Waals surface area contributed by atoms with Gasteiger partial charge in [0.2, 0.25) is 0 Å². The number of aromatic nitrogens is 1. The third-order valence-electron chi connectivity index (χ3n) is 4.44. The third kappa shape index (κ3) is 3.23. The fourth-order valence-corrected chi connectivity index (χ4v) is 6.89. The van der Waals surface area contributed by atoms with Crippen LogP contribution >= 0.6 is 22.9 Å². The number of benzene rings is 2. The van der Waals surface area contributed by atoms with E-state index in [-0.39, 0.29) is 0 Å². The Bertz CT molecular complexity index is 1020. The Morgan fingerprint density at radius 3 is 2.85 bits per heavy atom. The molecule has 132 valence electrons. The van der Waals surface area contributed by atoms with E-state index in [1.54, 1.807) is 0 Å². The van der Waals surface area contributed by atoms with Gasteiger partial charge in [0.05, 0.1) is 0 Å². The van der Waals surface area contributed by atoms with Crippen LogP contribution in [0.2, 0.25) is 5.02 Å². The van der Waals surface area contributed by atoms with Crippen molar-refractivity contribution in [1.29, 1.82) is 0 Å². The fourth-order valence-electron chi connectivity index (χ4n) is 3.24. The zero-order valence-corrected chi connectivity index (χ0v) is 18.1. The molecule has 0 N–H and O–H groups in total. The van der Waals surface area contributed by atoms with E-state index in [2.05, 4.69) is 77.9 Å². The van der Waals surface area contributed by atoms with Crippen molar-refractivity contribution >= 4 is 64.3 Å². The van der Waals surface area contributed by atoms with E-state index < -0.39 is 0 Å². The van der Waals surface area contributed by atoms with Crippen LogP contribution in [0.5, 0.6) is 0 Å². The Balaban J connectivity index is 1.64. The molecule has 0 bridgehead atoms. The first-order valence-corrected chi connectivity index (χ1v) is 11.7. The van der Waals surface area contributed by atoms with Gasteiger partial charge in [-0.1, -0.05) is 0 Å². The molecule has 0 atom stereocenters. The van der Waals surface area contributed by atoms with Crippen molar-refractivity contribution in [1.82, 2.24) is 0 Å². The first-order chi connectivity index (χ1) is 12.7. The van der Waals surface area contributed by atoms with Gasteiger partial charge in [0.15, 0.2) is 0 Å². The van der Waals surface area contributed by atoms with Crippen molar-refractivity contribution < 1.29 is 4.57 Å². The summed E-state index contributed by atoms with van der Waals surface area (Å²) in [6.07, 6.45) is 6.70. The maximum absolute atomic E-state index is 6.20. The number of rotatable bonds is 4. The number of allylic oxidation sites excluding steroid dienone is 2. The molecule has 2 heterocycles. The summed E-state index contributed by atoms with van der Waals surface area (Å²) in [5, 5.41) is 2.10. The van der Waals surface area contributed by atoms with Crippen LogP contribution < -0.4 is 13.9 Å². The van der Waals surface area contributed by atoms with Gasteiger partial charge in [-0.05, 0) is 0 Å². The molecule has 0 saturated heterocycles. The number of thiazole rings is 1. The number of anilines is 1. The molecule has 2 aromatic carbocycles. The second-order valence-corrected chi connectivity index (χ2v) is 9.70. The molecule has 0 radical (unpaired) electrons. The SMILES string of the molecule is CCN1C(=CC=Cc2sc3ccccc3[n+]2CC)[Se]c2ccc(Cl)cc21. The molecule has 26 heavy (non-hydrogen) atoms. The van der Waals surface area contributed by atoms with Crippen molar-refractivity contribution in [2.24, 2.45) is 0 Å². The van der Waals surface area contributed by atoms with Crippen LogP contribution in [-0.2, 0) is 6.54 Å². The van der Waals surface area contributed by atoms with Gasteiger partial charge in [0, 0.05) is 0 Å². The number of nitrogens with zero attached hydrogens (tertiary/aromatic N) is 2. The van der Waals surface area contributed by atoms with Crippen molar-refractivity contribution in [2.45, 2.75) is 20.4 Å². The molecule has 0 saturated carbocycles. The van der Waals surface area contributed by atoms with Crippen LogP contribution in [-0.4, -0.2) is 21.5 Å². The minimum absolute atomic E-state index is 0.334. The normalized spacial score (nSPS) is 15.5. The number of hydrogen-bond donors (Lipinski definition) is 0. The average Bonchev–Trinajstić information content (AvgIpc) is 3.18. The number of aryl methyl sites for hydroxylation is 1. The summed E-state index contributed by atoms with van der Waals surface area (Å²) < 4.78 is 6.51. The van der Waals surface area contributed by atoms with Gasteiger partial charge in [-0.2, -0.15) is 0 Å². The van der Waals surface area contributed by atoms with E-state index in [1.807, 2.05) is 17.4 Å². The molecular formula is C21H20ClN2SSe+. The molecule has 0 fully saturated rings. The Hall–Kier alpha value is -1.58. The first kappa shape index (κ1) is 17.8. The molecule has 1 aliphatic rings. The molecule has 0 spiro atoms. The summed E-state index contributed by atoms with van der Waals surface area (Å²) in [7, 11) is 0. The Kier molecular flexibility index (Phi) is 5.19. The van der Waals surface area contributed by atoms with Gasteiger partial charge in [0.25, 0.3) is 0 Å². The summed E-state index contributed by atoms with van der Waals surface area (Å²) >= 11 is 8.38. The van der Waals surface area contributed by atoms with Gasteiger partial charge in [-0.15, -0.1) is 0 Å². The van der Waals surface area contributed by atoms with Crippen LogP contribution in [0.15, 0.2) is 59.2 Å². The minimum atomic E-state index is 0.334. The average molecular weight is 447 g/mol. The summed E-state index contributed by atoms with van der Waals surface area (Å²) in [6.45, 7) is 6.34. The van der Waals surface area contributed by atoms with Crippen molar-refractivity contribution in [2.75, 3.05) is 11.4 Å². The predicted octanol–water partition coefficient (Wildman–Crippen LogP) is 4.59. The van der Waals surface area contributed by atoms with E-state index in [4.69, 9.17) is 11.6 Å². The van der Waals surface area contributed by atoms with Crippen molar-refractivity contribution in [3.8, 4) is 0 Å².